The molecule has 3 aromatic rings. The van der Waals surface area contributed by atoms with Crippen LogP contribution in [0.1, 0.15) is 6.42 Å². The molecule has 3 aromatic heterocycles. The summed E-state index contributed by atoms with van der Waals surface area (Å²) in [5, 5.41) is 0.607. The van der Waals surface area contributed by atoms with Crippen molar-refractivity contribution in [3.8, 4) is 0 Å². The molecule has 0 N–H and O–H groups in total. The van der Waals surface area contributed by atoms with E-state index in [1.165, 1.54) is 6.42 Å². The lowest BCUT2D eigenvalue weighted by Gasteiger charge is -2.32. The molecule has 1 aliphatic heterocycles. The average Bonchev–Trinajstić information content (AvgIpc) is 2.77. The fraction of sp³-hybridized carbons (Fsp3) is 0.250. The maximum atomic E-state index is 5.99. The second kappa shape index (κ2) is 3.55. The van der Waals surface area contributed by atoms with Gasteiger partial charge in [0.25, 0.3) is 0 Å². The number of pyridine rings is 1. The summed E-state index contributed by atoms with van der Waals surface area (Å²) in [5.74, 6) is 0.911. The second-order valence-corrected chi connectivity index (χ2v) is 4.83. The molecule has 0 atom stereocenters. The first-order valence-electron chi connectivity index (χ1n) is 5.86. The van der Waals surface area contributed by atoms with Gasteiger partial charge in [0.15, 0.2) is 17.1 Å². The number of fused-ring (bicyclic) bond motifs is 3. The summed E-state index contributed by atoms with van der Waals surface area (Å²) < 4.78 is 1.99. The van der Waals surface area contributed by atoms with Gasteiger partial charge in [-0.05, 0) is 12.5 Å². The number of imidazole rings is 1. The van der Waals surface area contributed by atoms with Gasteiger partial charge in [-0.15, -0.1) is 0 Å². The molecule has 4 rings (SSSR count). The smallest absolute Gasteiger partial charge is 0.180 e. The Hall–Kier alpha value is -1.88. The maximum Gasteiger partial charge on any atom is 0.180 e. The molecular formula is C12H10ClN5. The number of halogens is 1. The van der Waals surface area contributed by atoms with Crippen LogP contribution in [0, 0.1) is 0 Å². The molecule has 0 spiro atoms. The van der Waals surface area contributed by atoms with Gasteiger partial charge in [0.1, 0.15) is 0 Å². The number of aromatic nitrogens is 4. The largest absolute Gasteiger partial charge is 0.353 e. The molecular weight excluding hydrogens is 250 g/mol. The van der Waals surface area contributed by atoms with E-state index in [1.54, 1.807) is 12.4 Å². The van der Waals surface area contributed by atoms with Crippen molar-refractivity contribution in [2.24, 2.45) is 0 Å². The summed E-state index contributed by atoms with van der Waals surface area (Å²) in [6, 6.07) is 1.87. The average molecular weight is 260 g/mol. The standard InChI is InChI=1S/C12H10ClN5/c13-8-6-9-10(15-7-8)16-12(17-3-1-4-17)11-14-2-5-18(9)11/h2,5-7H,1,3-4H2. The van der Waals surface area contributed by atoms with E-state index in [0.717, 1.165) is 30.1 Å². The van der Waals surface area contributed by atoms with Gasteiger partial charge in [-0.25, -0.2) is 15.0 Å². The Morgan fingerprint density at radius 1 is 1.22 bits per heavy atom. The van der Waals surface area contributed by atoms with Crippen molar-refractivity contribution >= 4 is 34.2 Å². The predicted octanol–water partition coefficient (Wildman–Crippen LogP) is 2.14. The van der Waals surface area contributed by atoms with Crippen molar-refractivity contribution in [2.45, 2.75) is 6.42 Å². The fourth-order valence-electron chi connectivity index (χ4n) is 2.24. The zero-order valence-electron chi connectivity index (χ0n) is 9.54. The molecule has 1 saturated heterocycles. The summed E-state index contributed by atoms with van der Waals surface area (Å²) in [6.45, 7) is 2.07. The van der Waals surface area contributed by atoms with Gasteiger partial charge in [-0.1, -0.05) is 11.6 Å². The first kappa shape index (κ1) is 10.1. The quantitative estimate of drug-likeness (QED) is 0.672. The highest BCUT2D eigenvalue weighted by molar-refractivity contribution is 6.31. The third-order valence-corrected chi connectivity index (χ3v) is 3.49. The second-order valence-electron chi connectivity index (χ2n) is 4.39. The summed E-state index contributed by atoms with van der Waals surface area (Å²) in [4.78, 5) is 15.5. The topological polar surface area (TPSA) is 46.3 Å². The number of nitrogens with zero attached hydrogens (tertiary/aromatic N) is 5. The van der Waals surface area contributed by atoms with Crippen LogP contribution in [-0.4, -0.2) is 32.4 Å². The number of rotatable bonds is 1. The summed E-state index contributed by atoms with van der Waals surface area (Å²) >= 11 is 5.99. The summed E-state index contributed by atoms with van der Waals surface area (Å²) in [5.41, 5.74) is 2.46. The van der Waals surface area contributed by atoms with E-state index in [0.29, 0.717) is 10.7 Å². The Labute approximate surface area is 108 Å². The zero-order valence-corrected chi connectivity index (χ0v) is 10.3. The Kier molecular flexibility index (Phi) is 1.99. The van der Waals surface area contributed by atoms with Crippen LogP contribution in [-0.2, 0) is 0 Å². The lowest BCUT2D eigenvalue weighted by molar-refractivity contribution is 0.611. The zero-order chi connectivity index (χ0) is 12.1. The first-order valence-corrected chi connectivity index (χ1v) is 6.24. The molecule has 0 aliphatic carbocycles. The predicted molar refractivity (Wildman–Crippen MR) is 70.1 cm³/mol. The van der Waals surface area contributed by atoms with Gasteiger partial charge in [-0.3, -0.25) is 4.40 Å². The van der Waals surface area contributed by atoms with E-state index in [4.69, 9.17) is 11.6 Å². The van der Waals surface area contributed by atoms with Crippen molar-refractivity contribution in [1.82, 2.24) is 19.4 Å². The Bertz CT molecular complexity index is 747. The molecule has 0 radical (unpaired) electrons. The maximum absolute atomic E-state index is 5.99. The minimum atomic E-state index is 0.607. The molecule has 5 nitrogen and oxygen atoms in total. The van der Waals surface area contributed by atoms with E-state index in [1.807, 2.05) is 16.7 Å². The third-order valence-electron chi connectivity index (χ3n) is 3.28. The molecule has 1 fully saturated rings. The SMILES string of the molecule is Clc1cnc2nc(N3CCC3)c3nccn3c2c1. The van der Waals surface area contributed by atoms with Crippen molar-refractivity contribution < 1.29 is 0 Å². The van der Waals surface area contributed by atoms with E-state index in [9.17, 15) is 0 Å². The van der Waals surface area contributed by atoms with Crippen LogP contribution in [0.4, 0.5) is 5.82 Å². The minimum Gasteiger partial charge on any atom is -0.353 e. The van der Waals surface area contributed by atoms with Gasteiger partial charge in [-0.2, -0.15) is 0 Å². The van der Waals surface area contributed by atoms with Crippen molar-refractivity contribution in [3.05, 3.63) is 29.7 Å². The van der Waals surface area contributed by atoms with E-state index >= 15 is 0 Å². The van der Waals surface area contributed by atoms with Crippen LogP contribution >= 0.6 is 11.6 Å². The van der Waals surface area contributed by atoms with Crippen molar-refractivity contribution in [1.29, 1.82) is 0 Å². The van der Waals surface area contributed by atoms with E-state index in [2.05, 4.69) is 19.9 Å². The van der Waals surface area contributed by atoms with Crippen LogP contribution in [0.15, 0.2) is 24.7 Å². The molecule has 18 heavy (non-hydrogen) atoms. The summed E-state index contributed by atoms with van der Waals surface area (Å²) in [7, 11) is 0. The normalized spacial score (nSPS) is 15.3. The number of hydrogen-bond donors (Lipinski definition) is 0. The summed E-state index contributed by atoms with van der Waals surface area (Å²) in [6.07, 6.45) is 6.53. The number of hydrogen-bond acceptors (Lipinski definition) is 4. The first-order chi connectivity index (χ1) is 8.83. The van der Waals surface area contributed by atoms with Gasteiger partial charge in [0.05, 0.1) is 10.5 Å². The molecule has 0 aromatic carbocycles. The van der Waals surface area contributed by atoms with Crippen molar-refractivity contribution in [2.75, 3.05) is 18.0 Å². The molecule has 0 unspecified atom stereocenters. The van der Waals surface area contributed by atoms with Gasteiger partial charge >= 0.3 is 0 Å². The van der Waals surface area contributed by atoms with E-state index < -0.39 is 0 Å². The van der Waals surface area contributed by atoms with Crippen LogP contribution < -0.4 is 4.90 Å². The molecule has 0 bridgehead atoms. The van der Waals surface area contributed by atoms with Gasteiger partial charge in [0.2, 0.25) is 0 Å². The highest BCUT2D eigenvalue weighted by Gasteiger charge is 2.21. The molecule has 4 heterocycles. The lowest BCUT2D eigenvalue weighted by Crippen LogP contribution is -2.38. The Morgan fingerprint density at radius 3 is 2.89 bits per heavy atom. The van der Waals surface area contributed by atoms with Gasteiger partial charge < -0.3 is 4.90 Å². The fourth-order valence-corrected chi connectivity index (χ4v) is 2.39. The van der Waals surface area contributed by atoms with E-state index in [-0.39, 0.29) is 0 Å². The van der Waals surface area contributed by atoms with Gasteiger partial charge in [0, 0.05) is 31.7 Å². The number of anilines is 1. The molecule has 90 valence electrons. The monoisotopic (exact) mass is 259 g/mol. The molecule has 0 amide bonds. The minimum absolute atomic E-state index is 0.607. The highest BCUT2D eigenvalue weighted by Crippen LogP contribution is 2.26. The van der Waals surface area contributed by atoms with Crippen LogP contribution in [0.2, 0.25) is 5.02 Å². The lowest BCUT2D eigenvalue weighted by atomic mass is 10.2. The molecule has 1 aliphatic rings. The Balaban J connectivity index is 2.11. The highest BCUT2D eigenvalue weighted by atomic mass is 35.5. The third kappa shape index (κ3) is 1.31. The Morgan fingerprint density at radius 2 is 2.11 bits per heavy atom. The molecule has 6 heteroatoms. The van der Waals surface area contributed by atoms with Crippen LogP contribution in [0.5, 0.6) is 0 Å². The van der Waals surface area contributed by atoms with Crippen LogP contribution in [0.3, 0.4) is 0 Å². The van der Waals surface area contributed by atoms with Crippen LogP contribution in [0.25, 0.3) is 16.8 Å². The van der Waals surface area contributed by atoms with Crippen molar-refractivity contribution in [3.63, 3.8) is 0 Å². The molecule has 0 saturated carbocycles.